The van der Waals surface area contributed by atoms with Gasteiger partial charge >= 0.3 is 0 Å². The minimum atomic E-state index is 0.251. The summed E-state index contributed by atoms with van der Waals surface area (Å²) >= 11 is 7.49. The second-order valence-corrected chi connectivity index (χ2v) is 7.87. The first kappa shape index (κ1) is 17.6. The first-order valence-electron chi connectivity index (χ1n) is 8.80. The molecule has 0 aliphatic carbocycles. The fraction of sp³-hybridized carbons (Fsp3) is 0.368. The van der Waals surface area contributed by atoms with Gasteiger partial charge in [-0.15, -0.1) is 16.4 Å². The Morgan fingerprint density at radius 3 is 2.81 bits per heavy atom. The number of hydrogen-bond donors (Lipinski definition) is 0. The predicted octanol–water partition coefficient (Wildman–Crippen LogP) is 3.87. The van der Waals surface area contributed by atoms with Crippen LogP contribution in [-0.2, 0) is 18.0 Å². The van der Waals surface area contributed by atoms with Gasteiger partial charge in [-0.3, -0.25) is 9.47 Å². The summed E-state index contributed by atoms with van der Waals surface area (Å²) in [6.45, 7) is 6.11. The van der Waals surface area contributed by atoms with Crippen molar-refractivity contribution in [2.75, 3.05) is 19.7 Å². The molecule has 0 bridgehead atoms. The van der Waals surface area contributed by atoms with Gasteiger partial charge in [-0.25, -0.2) is 4.68 Å². The lowest BCUT2D eigenvalue weighted by Crippen LogP contribution is -2.42. The van der Waals surface area contributed by atoms with Gasteiger partial charge in [0, 0.05) is 13.1 Å². The average Bonchev–Trinajstić information content (AvgIpc) is 3.27. The molecule has 1 fully saturated rings. The van der Waals surface area contributed by atoms with Crippen LogP contribution in [0.3, 0.4) is 0 Å². The van der Waals surface area contributed by atoms with Crippen LogP contribution in [0.5, 0.6) is 0 Å². The highest BCUT2D eigenvalue weighted by Crippen LogP contribution is 2.24. The first-order chi connectivity index (χ1) is 12.7. The Kier molecular flexibility index (Phi) is 5.31. The van der Waals surface area contributed by atoms with Crippen molar-refractivity contribution in [3.63, 3.8) is 0 Å². The predicted molar refractivity (Wildman–Crippen MR) is 107 cm³/mol. The first-order valence-corrected chi connectivity index (χ1v) is 10.1. The molecular weight excluding hydrogens is 364 g/mol. The smallest absolute Gasteiger partial charge is 0.199 e. The Bertz CT molecular complexity index is 902. The summed E-state index contributed by atoms with van der Waals surface area (Å²) in [6, 6.07) is 14.6. The van der Waals surface area contributed by atoms with E-state index in [4.69, 9.17) is 22.1 Å². The van der Waals surface area contributed by atoms with E-state index in [1.165, 1.54) is 5.56 Å². The molecule has 3 heterocycles. The summed E-state index contributed by atoms with van der Waals surface area (Å²) in [4.78, 5) is 3.49. The van der Waals surface area contributed by atoms with E-state index in [1.807, 2.05) is 10.7 Å². The molecule has 1 saturated heterocycles. The van der Waals surface area contributed by atoms with Crippen molar-refractivity contribution in [1.29, 1.82) is 0 Å². The van der Waals surface area contributed by atoms with Crippen LogP contribution in [0.2, 0.25) is 0 Å². The summed E-state index contributed by atoms with van der Waals surface area (Å²) in [7, 11) is 0. The second-order valence-electron chi connectivity index (χ2n) is 6.55. The van der Waals surface area contributed by atoms with Gasteiger partial charge in [-0.1, -0.05) is 36.4 Å². The summed E-state index contributed by atoms with van der Waals surface area (Å²) in [5, 5.41) is 6.95. The summed E-state index contributed by atoms with van der Waals surface area (Å²) < 4.78 is 10.5. The molecule has 1 aromatic carbocycles. The summed E-state index contributed by atoms with van der Waals surface area (Å²) in [5.41, 5.74) is 1.22. The van der Waals surface area contributed by atoms with Gasteiger partial charge < -0.3 is 4.74 Å². The minimum absolute atomic E-state index is 0.251. The van der Waals surface area contributed by atoms with Crippen LogP contribution in [0.15, 0.2) is 47.8 Å². The molecule has 4 rings (SSSR count). The lowest BCUT2D eigenvalue weighted by molar-refractivity contribution is -0.0307. The fourth-order valence-electron chi connectivity index (χ4n) is 3.24. The van der Waals surface area contributed by atoms with E-state index in [2.05, 4.69) is 58.2 Å². The highest BCUT2D eigenvalue weighted by Gasteiger charge is 2.20. The Morgan fingerprint density at radius 1 is 1.23 bits per heavy atom. The molecule has 3 aromatic rings. The quantitative estimate of drug-likeness (QED) is 0.624. The average molecular weight is 387 g/mol. The Morgan fingerprint density at radius 2 is 2.08 bits per heavy atom. The number of nitrogens with zero attached hydrogens (tertiary/aromatic N) is 4. The van der Waals surface area contributed by atoms with Gasteiger partial charge in [0.15, 0.2) is 10.6 Å². The highest BCUT2D eigenvalue weighted by atomic mass is 32.1. The van der Waals surface area contributed by atoms with Crippen molar-refractivity contribution < 1.29 is 4.74 Å². The zero-order valence-corrected chi connectivity index (χ0v) is 16.4. The molecule has 0 N–H and O–H groups in total. The van der Waals surface area contributed by atoms with E-state index in [-0.39, 0.29) is 6.10 Å². The SMILES string of the molecule is CC1CN(Cn2nc(-c3cccs3)n(Cc3ccccc3)c2=S)CCO1. The van der Waals surface area contributed by atoms with Crippen LogP contribution in [-0.4, -0.2) is 45.0 Å². The van der Waals surface area contributed by atoms with Gasteiger partial charge in [0.25, 0.3) is 0 Å². The Balaban J connectivity index is 1.67. The van der Waals surface area contributed by atoms with E-state index >= 15 is 0 Å². The van der Waals surface area contributed by atoms with Crippen LogP contribution in [0, 0.1) is 4.77 Å². The van der Waals surface area contributed by atoms with Gasteiger partial charge in [0.1, 0.15) is 0 Å². The zero-order chi connectivity index (χ0) is 17.9. The molecule has 1 aliphatic rings. The van der Waals surface area contributed by atoms with Gasteiger partial charge in [-0.05, 0) is 36.2 Å². The number of hydrogen-bond acceptors (Lipinski definition) is 5. The molecular formula is C19H22N4OS2. The summed E-state index contributed by atoms with van der Waals surface area (Å²) in [5.74, 6) is 0.940. The molecule has 0 radical (unpaired) electrons. The van der Waals surface area contributed by atoms with Crippen molar-refractivity contribution in [2.24, 2.45) is 0 Å². The molecule has 7 heteroatoms. The van der Waals surface area contributed by atoms with E-state index in [0.717, 1.165) is 41.7 Å². The van der Waals surface area contributed by atoms with Crippen LogP contribution in [0.1, 0.15) is 12.5 Å². The summed E-state index contributed by atoms with van der Waals surface area (Å²) in [6.07, 6.45) is 0.251. The van der Waals surface area contributed by atoms with Crippen molar-refractivity contribution in [2.45, 2.75) is 26.2 Å². The number of benzene rings is 1. The molecule has 0 saturated carbocycles. The molecule has 1 atom stereocenters. The van der Waals surface area contributed by atoms with Crippen LogP contribution in [0.4, 0.5) is 0 Å². The number of aromatic nitrogens is 3. The Labute approximate surface area is 162 Å². The number of morpholine rings is 1. The lowest BCUT2D eigenvalue weighted by atomic mass is 10.2. The molecule has 1 unspecified atom stereocenters. The van der Waals surface area contributed by atoms with Crippen LogP contribution in [0.25, 0.3) is 10.7 Å². The molecule has 0 spiro atoms. The monoisotopic (exact) mass is 386 g/mol. The fourth-order valence-corrected chi connectivity index (χ4v) is 4.21. The second kappa shape index (κ2) is 7.84. The maximum Gasteiger partial charge on any atom is 0.199 e. The molecule has 136 valence electrons. The number of ether oxygens (including phenoxy) is 1. The topological polar surface area (TPSA) is 35.2 Å². The van der Waals surface area contributed by atoms with E-state index in [0.29, 0.717) is 6.67 Å². The maximum absolute atomic E-state index is 5.79. The maximum atomic E-state index is 5.79. The zero-order valence-electron chi connectivity index (χ0n) is 14.7. The third-order valence-corrected chi connectivity index (χ3v) is 5.80. The minimum Gasteiger partial charge on any atom is -0.376 e. The molecule has 5 nitrogen and oxygen atoms in total. The third kappa shape index (κ3) is 3.81. The van der Waals surface area contributed by atoms with E-state index < -0.39 is 0 Å². The van der Waals surface area contributed by atoms with Crippen molar-refractivity contribution in [3.8, 4) is 10.7 Å². The largest absolute Gasteiger partial charge is 0.376 e. The van der Waals surface area contributed by atoms with Crippen molar-refractivity contribution in [1.82, 2.24) is 19.2 Å². The Hall–Kier alpha value is -1.80. The highest BCUT2D eigenvalue weighted by molar-refractivity contribution is 7.71. The van der Waals surface area contributed by atoms with Gasteiger partial charge in [0.05, 0.1) is 30.8 Å². The third-order valence-electron chi connectivity index (χ3n) is 4.51. The molecule has 1 aliphatic heterocycles. The molecule has 0 amide bonds. The lowest BCUT2D eigenvalue weighted by Gasteiger charge is -2.30. The van der Waals surface area contributed by atoms with Gasteiger partial charge in [-0.2, -0.15) is 0 Å². The van der Waals surface area contributed by atoms with Crippen molar-refractivity contribution >= 4 is 23.6 Å². The number of thiophene rings is 1. The van der Waals surface area contributed by atoms with E-state index in [9.17, 15) is 0 Å². The normalized spacial score (nSPS) is 18.3. The van der Waals surface area contributed by atoms with Gasteiger partial charge in [0.2, 0.25) is 0 Å². The van der Waals surface area contributed by atoms with E-state index in [1.54, 1.807) is 11.3 Å². The molecule has 26 heavy (non-hydrogen) atoms. The molecule has 2 aromatic heterocycles. The van der Waals surface area contributed by atoms with Crippen LogP contribution < -0.4 is 0 Å². The number of rotatable bonds is 5. The van der Waals surface area contributed by atoms with Crippen LogP contribution >= 0.6 is 23.6 Å². The van der Waals surface area contributed by atoms with Crippen molar-refractivity contribution in [3.05, 3.63) is 58.2 Å². The standard InChI is InChI=1S/C19H22N4OS2/c1-15-12-21(9-10-24-15)14-23-19(25)22(13-16-6-3-2-4-7-16)18(20-23)17-8-5-11-26-17/h2-8,11,15H,9-10,12-14H2,1H3.